The van der Waals surface area contributed by atoms with Crippen LogP contribution in [0.2, 0.25) is 0 Å². The van der Waals surface area contributed by atoms with Crippen LogP contribution in [0.5, 0.6) is 11.5 Å². The first-order chi connectivity index (χ1) is 19.8. The number of benzene rings is 2. The van der Waals surface area contributed by atoms with Crippen LogP contribution in [0.1, 0.15) is 68.3 Å². The van der Waals surface area contributed by atoms with E-state index in [1.807, 2.05) is 44.2 Å². The quantitative estimate of drug-likeness (QED) is 0.271. The summed E-state index contributed by atoms with van der Waals surface area (Å²) in [4.78, 5) is 26.1. The highest BCUT2D eigenvalue weighted by Crippen LogP contribution is 2.47. The lowest BCUT2D eigenvalue weighted by Gasteiger charge is -2.35. The van der Waals surface area contributed by atoms with Crippen molar-refractivity contribution in [3.8, 4) is 17.6 Å². The Labute approximate surface area is 250 Å². The number of ketones is 1. The van der Waals surface area contributed by atoms with Crippen LogP contribution in [-0.4, -0.2) is 30.9 Å². The van der Waals surface area contributed by atoms with Crippen LogP contribution in [0.25, 0.3) is 0 Å². The number of amides is 1. The molecule has 2 N–H and O–H groups in total. The van der Waals surface area contributed by atoms with E-state index in [2.05, 4.69) is 46.1 Å². The fourth-order valence-corrected chi connectivity index (χ4v) is 6.13. The lowest BCUT2D eigenvalue weighted by atomic mass is 9.72. The van der Waals surface area contributed by atoms with E-state index in [9.17, 15) is 14.9 Å². The smallest absolute Gasteiger partial charge is 0.251 e. The van der Waals surface area contributed by atoms with Gasteiger partial charge >= 0.3 is 0 Å². The topological polar surface area (TPSA) is 100 Å². The minimum atomic E-state index is -0.498. The lowest BCUT2D eigenvalue weighted by Crippen LogP contribution is -2.37. The van der Waals surface area contributed by atoms with Crippen LogP contribution in [0.4, 0.5) is 0 Å². The molecule has 41 heavy (non-hydrogen) atoms. The second kappa shape index (κ2) is 13.7. The SMILES string of the molecule is C=CC(COc1c(Br)cc(C2C(C#N)=C(C)NC3=C2C(=O)CC(CCC)C3)cc1OCC)NC(=O)c1ccccc1. The number of nitrogens with one attached hydrogen (secondary N) is 2. The van der Waals surface area contributed by atoms with Crippen LogP contribution >= 0.6 is 15.9 Å². The van der Waals surface area contributed by atoms with Crippen LogP contribution in [0.3, 0.4) is 0 Å². The zero-order chi connectivity index (χ0) is 29.5. The summed E-state index contributed by atoms with van der Waals surface area (Å²) in [6.45, 7) is 10.3. The molecule has 7 nitrogen and oxygen atoms in total. The van der Waals surface area contributed by atoms with Crippen molar-refractivity contribution in [3.05, 3.63) is 93.3 Å². The van der Waals surface area contributed by atoms with Crippen molar-refractivity contribution in [3.63, 3.8) is 0 Å². The summed E-state index contributed by atoms with van der Waals surface area (Å²) < 4.78 is 12.8. The average Bonchev–Trinajstić information content (AvgIpc) is 2.95. The molecule has 0 bridgehead atoms. The molecule has 0 radical (unpaired) electrons. The number of nitriles is 1. The molecule has 1 aliphatic heterocycles. The van der Waals surface area contributed by atoms with Crippen molar-refractivity contribution in [2.75, 3.05) is 13.2 Å². The van der Waals surface area contributed by atoms with E-state index in [0.717, 1.165) is 36.2 Å². The number of hydrogen-bond acceptors (Lipinski definition) is 6. The Kier molecular flexibility index (Phi) is 10.1. The number of nitrogens with zero attached hydrogens (tertiary/aromatic N) is 1. The van der Waals surface area contributed by atoms with E-state index in [-0.39, 0.29) is 18.3 Å². The van der Waals surface area contributed by atoms with Gasteiger partial charge < -0.3 is 20.1 Å². The number of dihydropyridines is 1. The number of carbonyl (C=O) groups is 2. The number of carbonyl (C=O) groups excluding carboxylic acids is 2. The fraction of sp³-hybridized carbons (Fsp3) is 0.364. The first kappa shape index (κ1) is 30.1. The normalized spacial score (nSPS) is 19.0. The summed E-state index contributed by atoms with van der Waals surface area (Å²) in [7, 11) is 0. The van der Waals surface area contributed by atoms with Gasteiger partial charge in [-0.25, -0.2) is 0 Å². The summed E-state index contributed by atoms with van der Waals surface area (Å²) in [5.41, 5.74) is 4.18. The molecule has 2 aromatic carbocycles. The predicted molar refractivity (Wildman–Crippen MR) is 163 cm³/mol. The summed E-state index contributed by atoms with van der Waals surface area (Å²) in [5.74, 6) is 0.617. The molecule has 2 aromatic rings. The minimum Gasteiger partial charge on any atom is -0.490 e. The van der Waals surface area contributed by atoms with Gasteiger partial charge in [-0.05, 0) is 78.4 Å². The first-order valence-electron chi connectivity index (χ1n) is 14.0. The Morgan fingerprint density at radius 3 is 2.66 bits per heavy atom. The van der Waals surface area contributed by atoms with Crippen LogP contribution < -0.4 is 20.1 Å². The van der Waals surface area contributed by atoms with Gasteiger partial charge in [-0.15, -0.1) is 6.58 Å². The number of rotatable bonds is 11. The van der Waals surface area contributed by atoms with Gasteiger partial charge in [0, 0.05) is 29.0 Å². The third kappa shape index (κ3) is 6.74. The summed E-state index contributed by atoms with van der Waals surface area (Å²) >= 11 is 3.65. The van der Waals surface area contributed by atoms with Crippen molar-refractivity contribution in [1.82, 2.24) is 10.6 Å². The van der Waals surface area contributed by atoms with Crippen LogP contribution in [0.15, 0.2) is 82.1 Å². The number of allylic oxidation sites excluding steroid dienone is 4. The van der Waals surface area contributed by atoms with Gasteiger partial charge in [0.15, 0.2) is 17.3 Å². The van der Waals surface area contributed by atoms with Gasteiger partial charge in [0.05, 0.1) is 34.7 Å². The van der Waals surface area contributed by atoms with Crippen LogP contribution in [0, 0.1) is 17.2 Å². The Bertz CT molecular complexity index is 1420. The maximum absolute atomic E-state index is 13.5. The highest BCUT2D eigenvalue weighted by Gasteiger charge is 2.39. The molecule has 8 heteroatoms. The maximum Gasteiger partial charge on any atom is 0.251 e. The Hall–Kier alpha value is -3.83. The molecule has 1 heterocycles. The van der Waals surface area contributed by atoms with Gasteiger partial charge in [-0.1, -0.05) is 37.6 Å². The van der Waals surface area contributed by atoms with E-state index < -0.39 is 12.0 Å². The zero-order valence-electron chi connectivity index (χ0n) is 23.8. The monoisotopic (exact) mass is 617 g/mol. The van der Waals surface area contributed by atoms with Gasteiger partial charge in [0.1, 0.15) is 6.61 Å². The van der Waals surface area contributed by atoms with Crippen LogP contribution in [-0.2, 0) is 4.79 Å². The minimum absolute atomic E-state index is 0.0832. The summed E-state index contributed by atoms with van der Waals surface area (Å²) in [6.07, 6.45) is 4.92. The molecule has 4 rings (SSSR count). The molecule has 1 aliphatic carbocycles. The Morgan fingerprint density at radius 1 is 1.24 bits per heavy atom. The van der Waals surface area contributed by atoms with Gasteiger partial charge in [0.2, 0.25) is 0 Å². The number of halogens is 1. The van der Waals surface area contributed by atoms with Gasteiger partial charge in [-0.2, -0.15) is 5.26 Å². The first-order valence-corrected chi connectivity index (χ1v) is 14.8. The zero-order valence-corrected chi connectivity index (χ0v) is 25.3. The van der Waals surface area contributed by atoms with Crippen molar-refractivity contribution in [2.24, 2.45) is 5.92 Å². The van der Waals surface area contributed by atoms with E-state index in [1.54, 1.807) is 18.2 Å². The van der Waals surface area contributed by atoms with Gasteiger partial charge in [-0.3, -0.25) is 9.59 Å². The number of Topliss-reactive ketones (excluding diaryl/α,β-unsaturated/α-hetero) is 1. The molecule has 0 spiro atoms. The molecule has 3 unspecified atom stereocenters. The van der Waals surface area contributed by atoms with Crippen molar-refractivity contribution < 1.29 is 19.1 Å². The third-order valence-electron chi connectivity index (χ3n) is 7.44. The summed E-state index contributed by atoms with van der Waals surface area (Å²) in [6, 6.07) is 14.6. The molecule has 0 saturated carbocycles. The number of ether oxygens (including phenoxy) is 2. The fourth-order valence-electron chi connectivity index (χ4n) is 5.55. The lowest BCUT2D eigenvalue weighted by molar-refractivity contribution is -0.117. The molecule has 1 amide bonds. The van der Waals surface area contributed by atoms with Crippen molar-refractivity contribution in [1.29, 1.82) is 5.26 Å². The molecule has 0 fully saturated rings. The van der Waals surface area contributed by atoms with Gasteiger partial charge in [0.25, 0.3) is 5.91 Å². The van der Waals surface area contributed by atoms with Crippen molar-refractivity contribution >= 4 is 27.6 Å². The summed E-state index contributed by atoms with van der Waals surface area (Å²) in [5, 5.41) is 16.4. The maximum atomic E-state index is 13.5. The second-order valence-electron chi connectivity index (χ2n) is 10.3. The number of hydrogen-bond donors (Lipinski definition) is 2. The standard InChI is InChI=1S/C33H36BrN3O4/c1-5-11-21-14-27-31(28(38)15-21)30(25(18-35)20(4)36-27)23-16-26(34)32(29(17-23)40-7-3)41-19-24(6-2)37-33(39)22-12-9-8-10-13-22/h6,8-10,12-13,16-17,21,24,30,36H,2,5,7,11,14-15,19H2,1,3-4H3,(H,37,39). The highest BCUT2D eigenvalue weighted by atomic mass is 79.9. The largest absolute Gasteiger partial charge is 0.490 e. The van der Waals surface area contributed by atoms with E-state index in [0.29, 0.717) is 51.6 Å². The Balaban J connectivity index is 1.64. The van der Waals surface area contributed by atoms with Crippen molar-refractivity contribution in [2.45, 2.75) is 58.4 Å². The third-order valence-corrected chi connectivity index (χ3v) is 8.03. The predicted octanol–water partition coefficient (Wildman–Crippen LogP) is 6.73. The molecular formula is C33H36BrN3O4. The van der Waals surface area contributed by atoms with E-state index in [1.165, 1.54) is 0 Å². The second-order valence-corrected chi connectivity index (χ2v) is 11.2. The van der Waals surface area contributed by atoms with E-state index >= 15 is 0 Å². The Morgan fingerprint density at radius 2 is 2.00 bits per heavy atom. The van der Waals surface area contributed by atoms with E-state index in [4.69, 9.17) is 9.47 Å². The average molecular weight is 619 g/mol. The molecular weight excluding hydrogens is 582 g/mol. The molecule has 2 aliphatic rings. The molecule has 3 atom stereocenters. The molecule has 0 aromatic heterocycles. The highest BCUT2D eigenvalue weighted by molar-refractivity contribution is 9.10. The molecule has 214 valence electrons. The molecule has 0 saturated heterocycles.